The Bertz CT molecular complexity index is 511. The van der Waals surface area contributed by atoms with Gasteiger partial charge in [-0.1, -0.05) is 0 Å². The van der Waals surface area contributed by atoms with Gasteiger partial charge in [-0.15, -0.1) is 0 Å². The van der Waals surface area contributed by atoms with Crippen molar-refractivity contribution >= 4 is 15.9 Å². The lowest BCUT2D eigenvalue weighted by atomic mass is 10.1. The molecule has 0 unspecified atom stereocenters. The Labute approximate surface area is 115 Å². The first-order chi connectivity index (χ1) is 8.44. The standard InChI is InChI=1S/C13H17BrN4/c1-13(2,3)17-8-10-7-16-12(18-10)11-5-4-9(14)6-15-11/h4-7,17H,8H2,1-3H3,(H,16,18). The van der Waals surface area contributed by atoms with Crippen LogP contribution in [-0.2, 0) is 6.54 Å². The number of hydrogen-bond donors (Lipinski definition) is 2. The van der Waals surface area contributed by atoms with Gasteiger partial charge in [0.1, 0.15) is 5.69 Å². The predicted molar refractivity (Wildman–Crippen MR) is 76.1 cm³/mol. The largest absolute Gasteiger partial charge is 0.339 e. The first-order valence-corrected chi connectivity index (χ1v) is 6.64. The summed E-state index contributed by atoms with van der Waals surface area (Å²) in [7, 11) is 0. The number of aromatic nitrogens is 3. The summed E-state index contributed by atoms with van der Waals surface area (Å²) in [6, 6.07) is 3.89. The molecule has 5 heteroatoms. The van der Waals surface area contributed by atoms with E-state index in [2.05, 4.69) is 57.0 Å². The van der Waals surface area contributed by atoms with Gasteiger partial charge in [0.05, 0.1) is 6.20 Å². The molecule has 0 aliphatic heterocycles. The Morgan fingerprint density at radius 1 is 1.22 bits per heavy atom. The van der Waals surface area contributed by atoms with Crippen LogP contribution in [0, 0.1) is 0 Å². The molecular formula is C13H17BrN4. The smallest absolute Gasteiger partial charge is 0.156 e. The van der Waals surface area contributed by atoms with Crippen molar-refractivity contribution in [2.24, 2.45) is 0 Å². The summed E-state index contributed by atoms with van der Waals surface area (Å²) in [6.45, 7) is 7.19. The number of nitrogens with zero attached hydrogens (tertiary/aromatic N) is 2. The quantitative estimate of drug-likeness (QED) is 0.916. The molecule has 0 amide bonds. The van der Waals surface area contributed by atoms with E-state index >= 15 is 0 Å². The summed E-state index contributed by atoms with van der Waals surface area (Å²) in [5.74, 6) is 0.799. The Morgan fingerprint density at radius 3 is 2.61 bits per heavy atom. The molecule has 2 rings (SSSR count). The molecular weight excluding hydrogens is 292 g/mol. The van der Waals surface area contributed by atoms with E-state index in [9.17, 15) is 0 Å². The zero-order valence-corrected chi connectivity index (χ0v) is 12.4. The zero-order valence-electron chi connectivity index (χ0n) is 10.8. The first-order valence-electron chi connectivity index (χ1n) is 5.85. The van der Waals surface area contributed by atoms with Crippen LogP contribution in [0.25, 0.3) is 11.5 Å². The number of aromatic amines is 1. The van der Waals surface area contributed by atoms with E-state index < -0.39 is 0 Å². The fourth-order valence-corrected chi connectivity index (χ4v) is 1.69. The lowest BCUT2D eigenvalue weighted by Crippen LogP contribution is -2.35. The maximum Gasteiger partial charge on any atom is 0.156 e. The van der Waals surface area contributed by atoms with Gasteiger partial charge >= 0.3 is 0 Å². The minimum Gasteiger partial charge on any atom is -0.339 e. The molecule has 0 bridgehead atoms. The van der Waals surface area contributed by atoms with E-state index in [0.29, 0.717) is 0 Å². The van der Waals surface area contributed by atoms with Crippen molar-refractivity contribution in [2.45, 2.75) is 32.9 Å². The minimum atomic E-state index is 0.0983. The molecule has 0 fully saturated rings. The molecule has 0 spiro atoms. The van der Waals surface area contributed by atoms with E-state index in [1.165, 1.54) is 0 Å². The Morgan fingerprint density at radius 2 is 2.00 bits per heavy atom. The van der Waals surface area contributed by atoms with Gasteiger partial charge in [-0.3, -0.25) is 4.98 Å². The second kappa shape index (κ2) is 5.20. The summed E-state index contributed by atoms with van der Waals surface area (Å²) in [5, 5.41) is 3.41. The average Bonchev–Trinajstić information content (AvgIpc) is 2.75. The van der Waals surface area contributed by atoms with Crippen LogP contribution in [0.1, 0.15) is 26.5 Å². The molecule has 2 aromatic heterocycles. The van der Waals surface area contributed by atoms with Crippen LogP contribution < -0.4 is 5.32 Å². The molecule has 2 N–H and O–H groups in total. The molecule has 0 radical (unpaired) electrons. The molecule has 18 heavy (non-hydrogen) atoms. The molecule has 0 aromatic carbocycles. The van der Waals surface area contributed by atoms with Crippen molar-refractivity contribution in [3.05, 3.63) is 34.7 Å². The van der Waals surface area contributed by atoms with Crippen LogP contribution in [-0.4, -0.2) is 20.5 Å². The molecule has 96 valence electrons. The monoisotopic (exact) mass is 308 g/mol. The lowest BCUT2D eigenvalue weighted by Gasteiger charge is -2.19. The fourth-order valence-electron chi connectivity index (χ4n) is 1.46. The normalized spacial score (nSPS) is 11.8. The van der Waals surface area contributed by atoms with Crippen molar-refractivity contribution in [3.8, 4) is 11.5 Å². The van der Waals surface area contributed by atoms with Gasteiger partial charge in [0, 0.05) is 28.4 Å². The highest BCUT2D eigenvalue weighted by atomic mass is 79.9. The fraction of sp³-hybridized carbons (Fsp3) is 0.385. The summed E-state index contributed by atoms with van der Waals surface area (Å²) in [4.78, 5) is 11.9. The number of rotatable bonds is 3. The van der Waals surface area contributed by atoms with Crippen LogP contribution in [0.15, 0.2) is 29.0 Å². The van der Waals surface area contributed by atoms with E-state index in [1.807, 2.05) is 18.3 Å². The number of imidazole rings is 1. The Hall–Kier alpha value is -1.20. The first kappa shape index (κ1) is 13.2. The van der Waals surface area contributed by atoms with E-state index in [4.69, 9.17) is 0 Å². The van der Waals surface area contributed by atoms with Crippen LogP contribution >= 0.6 is 15.9 Å². The van der Waals surface area contributed by atoms with Crippen molar-refractivity contribution < 1.29 is 0 Å². The number of hydrogen-bond acceptors (Lipinski definition) is 3. The summed E-state index contributed by atoms with van der Waals surface area (Å²) >= 11 is 3.37. The van der Waals surface area contributed by atoms with Crippen molar-refractivity contribution in [1.29, 1.82) is 0 Å². The van der Waals surface area contributed by atoms with E-state index in [0.717, 1.165) is 28.2 Å². The van der Waals surface area contributed by atoms with Gasteiger partial charge in [0.25, 0.3) is 0 Å². The molecule has 0 saturated carbocycles. The molecule has 4 nitrogen and oxygen atoms in total. The third-order valence-corrected chi connectivity index (χ3v) is 2.88. The maximum atomic E-state index is 4.34. The summed E-state index contributed by atoms with van der Waals surface area (Å²) in [5.41, 5.74) is 2.01. The zero-order chi connectivity index (χ0) is 13.2. The lowest BCUT2D eigenvalue weighted by molar-refractivity contribution is 0.422. The Balaban J connectivity index is 2.08. The van der Waals surface area contributed by atoms with Gasteiger partial charge in [0.2, 0.25) is 0 Å². The van der Waals surface area contributed by atoms with Crippen LogP contribution in [0.5, 0.6) is 0 Å². The van der Waals surface area contributed by atoms with Gasteiger partial charge in [-0.2, -0.15) is 0 Å². The highest BCUT2D eigenvalue weighted by Crippen LogP contribution is 2.16. The number of H-pyrrole nitrogens is 1. The van der Waals surface area contributed by atoms with Gasteiger partial charge in [-0.05, 0) is 48.8 Å². The molecule has 0 atom stereocenters. The maximum absolute atomic E-state index is 4.34. The molecule has 2 aromatic rings. The second-order valence-corrected chi connectivity index (χ2v) is 6.14. The molecule has 0 saturated heterocycles. The van der Waals surface area contributed by atoms with E-state index in [-0.39, 0.29) is 5.54 Å². The topological polar surface area (TPSA) is 53.6 Å². The molecule has 0 aliphatic carbocycles. The average molecular weight is 309 g/mol. The summed E-state index contributed by atoms with van der Waals surface area (Å²) in [6.07, 6.45) is 3.61. The molecule has 0 aliphatic rings. The second-order valence-electron chi connectivity index (χ2n) is 5.22. The van der Waals surface area contributed by atoms with Crippen molar-refractivity contribution in [2.75, 3.05) is 0 Å². The van der Waals surface area contributed by atoms with E-state index in [1.54, 1.807) is 6.20 Å². The van der Waals surface area contributed by atoms with Crippen LogP contribution in [0.2, 0.25) is 0 Å². The SMILES string of the molecule is CC(C)(C)NCc1cnc(-c2ccc(Br)cn2)[nH]1. The predicted octanol–water partition coefficient (Wildman–Crippen LogP) is 3.12. The highest BCUT2D eigenvalue weighted by molar-refractivity contribution is 9.10. The number of nitrogens with one attached hydrogen (secondary N) is 2. The van der Waals surface area contributed by atoms with Crippen LogP contribution in [0.3, 0.4) is 0 Å². The Kier molecular flexibility index (Phi) is 3.82. The third-order valence-electron chi connectivity index (χ3n) is 2.41. The molecule has 2 heterocycles. The van der Waals surface area contributed by atoms with Gasteiger partial charge in [0.15, 0.2) is 5.82 Å². The van der Waals surface area contributed by atoms with Gasteiger partial charge in [-0.25, -0.2) is 4.98 Å². The van der Waals surface area contributed by atoms with Gasteiger partial charge < -0.3 is 10.3 Å². The number of halogens is 1. The highest BCUT2D eigenvalue weighted by Gasteiger charge is 2.10. The van der Waals surface area contributed by atoms with Crippen LogP contribution in [0.4, 0.5) is 0 Å². The summed E-state index contributed by atoms with van der Waals surface area (Å²) < 4.78 is 0.965. The van der Waals surface area contributed by atoms with Crippen molar-refractivity contribution in [1.82, 2.24) is 20.3 Å². The van der Waals surface area contributed by atoms with Crippen molar-refractivity contribution in [3.63, 3.8) is 0 Å². The number of pyridine rings is 1. The third kappa shape index (κ3) is 3.65. The minimum absolute atomic E-state index is 0.0983.